The van der Waals surface area contributed by atoms with Crippen molar-refractivity contribution in [2.24, 2.45) is 0 Å². The molecule has 192 valence electrons. The van der Waals surface area contributed by atoms with Crippen LogP contribution in [0.1, 0.15) is 12.8 Å². The van der Waals surface area contributed by atoms with E-state index in [0.29, 0.717) is 43.0 Å². The first kappa shape index (κ1) is 24.8. The van der Waals surface area contributed by atoms with Gasteiger partial charge in [-0.25, -0.2) is 22.2 Å². The van der Waals surface area contributed by atoms with Crippen molar-refractivity contribution in [1.82, 2.24) is 19.4 Å². The Morgan fingerprint density at radius 2 is 1.76 bits per heavy atom. The zero-order valence-corrected chi connectivity index (χ0v) is 20.4. The highest BCUT2D eigenvalue weighted by atomic mass is 32.2. The van der Waals surface area contributed by atoms with E-state index in [4.69, 9.17) is 4.74 Å². The lowest BCUT2D eigenvalue weighted by Crippen LogP contribution is -2.40. The molecule has 37 heavy (non-hydrogen) atoms. The summed E-state index contributed by atoms with van der Waals surface area (Å²) in [4.78, 5) is 24.3. The van der Waals surface area contributed by atoms with Gasteiger partial charge in [0, 0.05) is 30.7 Å². The fraction of sp³-hybridized carbons (Fsp3) is 0.240. The molecule has 12 heteroatoms. The second-order valence-corrected chi connectivity index (χ2v) is 9.59. The maximum atomic E-state index is 14.2. The Hall–Kier alpha value is -3.90. The number of nitrogens with one attached hydrogen (secondary N) is 1. The summed E-state index contributed by atoms with van der Waals surface area (Å²) < 4.78 is 56.7. The van der Waals surface area contributed by atoms with Gasteiger partial charge in [-0.05, 0) is 55.3 Å². The molecule has 0 amide bonds. The predicted molar refractivity (Wildman–Crippen MR) is 135 cm³/mol. The Morgan fingerprint density at radius 1 is 1.03 bits per heavy atom. The molecule has 1 fully saturated rings. The average molecular weight is 528 g/mol. The van der Waals surface area contributed by atoms with Gasteiger partial charge in [-0.3, -0.25) is 14.3 Å². The molecule has 2 aromatic heterocycles. The Morgan fingerprint density at radius 3 is 2.46 bits per heavy atom. The summed E-state index contributed by atoms with van der Waals surface area (Å²) in [7, 11) is -2.46. The number of thiol groups is 1. The van der Waals surface area contributed by atoms with Crippen molar-refractivity contribution in [2.75, 3.05) is 24.3 Å². The molecule has 2 aromatic carbocycles. The summed E-state index contributed by atoms with van der Waals surface area (Å²) in [5.74, 6) is -1.02. The minimum absolute atomic E-state index is 0.0212. The predicted octanol–water partition coefficient (Wildman–Crippen LogP) is 3.30. The van der Waals surface area contributed by atoms with Gasteiger partial charge in [0.25, 0.3) is 5.56 Å². The van der Waals surface area contributed by atoms with Crippen LogP contribution in [0.2, 0.25) is 0 Å². The quantitative estimate of drug-likeness (QED) is 0.353. The molecule has 1 aliphatic heterocycles. The van der Waals surface area contributed by atoms with Crippen LogP contribution in [0.4, 0.5) is 14.7 Å². The summed E-state index contributed by atoms with van der Waals surface area (Å²) in [6.07, 6.45) is 2.92. The number of fused-ring (bicyclic) bond motifs is 1. The molecular formula is C25H23F2N5O4S. The van der Waals surface area contributed by atoms with Crippen molar-refractivity contribution in [1.29, 1.82) is 0 Å². The van der Waals surface area contributed by atoms with E-state index >= 15 is 0 Å². The molecule has 1 aliphatic rings. The first-order chi connectivity index (χ1) is 17.9. The highest BCUT2D eigenvalue weighted by Crippen LogP contribution is 2.26. The number of hydrogen-bond donors (Lipinski definition) is 2. The number of ether oxygens (including phenoxy) is 1. The number of rotatable bonds is 7. The number of benzene rings is 2. The fourth-order valence-corrected chi connectivity index (χ4v) is 4.86. The van der Waals surface area contributed by atoms with Gasteiger partial charge >= 0.3 is 0 Å². The van der Waals surface area contributed by atoms with Crippen LogP contribution in [0.3, 0.4) is 0 Å². The third-order valence-corrected chi connectivity index (χ3v) is 6.72. The molecular weight excluding hydrogens is 504 g/mol. The van der Waals surface area contributed by atoms with Crippen LogP contribution in [0.5, 0.6) is 11.5 Å². The van der Waals surface area contributed by atoms with Crippen molar-refractivity contribution in [3.05, 3.63) is 82.8 Å². The second-order valence-electron chi connectivity index (χ2n) is 8.64. The summed E-state index contributed by atoms with van der Waals surface area (Å²) in [5, 5.41) is 3.71. The Bertz CT molecular complexity index is 1560. The molecule has 0 saturated carbocycles. The van der Waals surface area contributed by atoms with Crippen LogP contribution in [0.25, 0.3) is 16.7 Å². The van der Waals surface area contributed by atoms with E-state index in [1.165, 1.54) is 59.3 Å². The molecule has 0 aliphatic carbocycles. The van der Waals surface area contributed by atoms with Gasteiger partial charge in [0.2, 0.25) is 5.95 Å². The summed E-state index contributed by atoms with van der Waals surface area (Å²) in [5.41, 5.74) is 0.00268. The maximum absolute atomic E-state index is 14.2. The molecule has 0 spiro atoms. The van der Waals surface area contributed by atoms with E-state index in [0.717, 1.165) is 0 Å². The van der Waals surface area contributed by atoms with Crippen LogP contribution in [0.15, 0.2) is 65.6 Å². The SMILES string of the molecule is O=c1c(Oc2ccccc2F)cc2cnc(NC3CCN(C[SH](=O)=O)CC3)nc2n1-c1ccc(F)cc1. The third kappa shape index (κ3) is 5.59. The number of piperidine rings is 1. The number of anilines is 1. The van der Waals surface area contributed by atoms with Gasteiger partial charge in [0.05, 0.1) is 11.6 Å². The topological polar surface area (TPSA) is 106 Å². The summed E-state index contributed by atoms with van der Waals surface area (Å²) in [6, 6.07) is 12.5. The highest BCUT2D eigenvalue weighted by Gasteiger charge is 2.21. The standard InChI is InChI=1S/C25H23F2N5O4S/c26-17-5-7-19(8-6-17)32-23-16(13-22(24(32)33)36-21-4-2-1-3-20(21)27)14-28-25(30-23)29-18-9-11-31(12-10-18)15-37(34)35/h1-8,13-14,18,37H,9-12,15H2,(H,28,29,30). The van der Waals surface area contributed by atoms with E-state index in [1.54, 1.807) is 6.07 Å². The summed E-state index contributed by atoms with van der Waals surface area (Å²) in [6.45, 7) is 1.23. The first-order valence-corrected chi connectivity index (χ1v) is 13.0. The van der Waals surface area contributed by atoms with Crippen LogP contribution in [-0.4, -0.2) is 52.9 Å². The van der Waals surface area contributed by atoms with Crippen molar-refractivity contribution in [2.45, 2.75) is 18.9 Å². The minimum atomic E-state index is -2.46. The van der Waals surface area contributed by atoms with Crippen molar-refractivity contribution < 1.29 is 21.9 Å². The largest absolute Gasteiger partial charge is 0.448 e. The Balaban J connectivity index is 1.51. The van der Waals surface area contributed by atoms with Crippen molar-refractivity contribution in [3.8, 4) is 17.2 Å². The van der Waals surface area contributed by atoms with Crippen LogP contribution < -0.4 is 15.6 Å². The van der Waals surface area contributed by atoms with Gasteiger partial charge in [0.1, 0.15) is 5.82 Å². The molecule has 4 aromatic rings. The lowest BCUT2D eigenvalue weighted by Gasteiger charge is -2.30. The fourth-order valence-electron chi connectivity index (χ4n) is 4.26. The van der Waals surface area contributed by atoms with E-state index < -0.39 is 27.9 Å². The monoisotopic (exact) mass is 527 g/mol. The zero-order chi connectivity index (χ0) is 25.9. The second kappa shape index (κ2) is 10.6. The number of hydrogen-bond acceptors (Lipinski definition) is 8. The van der Waals surface area contributed by atoms with Crippen LogP contribution >= 0.6 is 0 Å². The van der Waals surface area contributed by atoms with Crippen LogP contribution in [0, 0.1) is 11.6 Å². The third-order valence-electron chi connectivity index (χ3n) is 6.09. The van der Waals surface area contributed by atoms with Crippen LogP contribution in [-0.2, 0) is 10.7 Å². The number of para-hydroxylation sites is 1. The molecule has 3 heterocycles. The van der Waals surface area contributed by atoms with Gasteiger partial charge in [-0.15, -0.1) is 0 Å². The lowest BCUT2D eigenvalue weighted by molar-refractivity contribution is 0.250. The summed E-state index contributed by atoms with van der Waals surface area (Å²) >= 11 is 0. The first-order valence-electron chi connectivity index (χ1n) is 11.6. The molecule has 5 rings (SSSR count). The number of halogens is 2. The average Bonchev–Trinajstić information content (AvgIpc) is 2.88. The van der Waals surface area contributed by atoms with E-state index in [-0.39, 0.29) is 29.1 Å². The van der Waals surface area contributed by atoms with Crippen molar-refractivity contribution >= 4 is 27.7 Å². The van der Waals surface area contributed by atoms with E-state index in [2.05, 4.69) is 15.3 Å². The van der Waals surface area contributed by atoms with E-state index in [1.807, 2.05) is 4.90 Å². The van der Waals surface area contributed by atoms with E-state index in [9.17, 15) is 22.0 Å². The molecule has 0 unspecified atom stereocenters. The smallest absolute Gasteiger partial charge is 0.299 e. The Kier molecular flexibility index (Phi) is 7.10. The zero-order valence-electron chi connectivity index (χ0n) is 19.5. The van der Waals surface area contributed by atoms with Crippen molar-refractivity contribution in [3.63, 3.8) is 0 Å². The highest BCUT2D eigenvalue weighted by molar-refractivity contribution is 7.72. The maximum Gasteiger partial charge on any atom is 0.299 e. The molecule has 0 atom stereocenters. The number of aromatic nitrogens is 3. The molecule has 0 bridgehead atoms. The number of nitrogens with zero attached hydrogens (tertiary/aromatic N) is 4. The molecule has 1 N–H and O–H groups in total. The minimum Gasteiger partial charge on any atom is -0.448 e. The van der Waals surface area contributed by atoms with Gasteiger partial charge < -0.3 is 10.1 Å². The molecule has 9 nitrogen and oxygen atoms in total. The Labute approximate surface area is 212 Å². The normalized spacial score (nSPS) is 14.8. The van der Waals surface area contributed by atoms with Gasteiger partial charge in [0.15, 0.2) is 33.7 Å². The van der Waals surface area contributed by atoms with Gasteiger partial charge in [-0.1, -0.05) is 12.1 Å². The van der Waals surface area contributed by atoms with Gasteiger partial charge in [-0.2, -0.15) is 4.98 Å². The molecule has 0 radical (unpaired) electrons. The lowest BCUT2D eigenvalue weighted by atomic mass is 10.1. The number of likely N-dealkylation sites (tertiary alicyclic amines) is 1. The molecule has 1 saturated heterocycles. The number of pyridine rings is 1.